The summed E-state index contributed by atoms with van der Waals surface area (Å²) in [5, 5.41) is 10.7. The number of hydrogen-bond donors (Lipinski definition) is 0. The molecular formula is C19H20ClNO4S. The van der Waals surface area contributed by atoms with Crippen molar-refractivity contribution in [1.82, 2.24) is 0 Å². The van der Waals surface area contributed by atoms with Gasteiger partial charge in [0, 0.05) is 17.0 Å². The molecule has 0 atom stereocenters. The number of carbonyl (C=O) groups excluding carboxylic acids is 2. The molecule has 4 bridgehead atoms. The van der Waals surface area contributed by atoms with Crippen LogP contribution < -0.4 is 0 Å². The second-order valence-corrected chi connectivity index (χ2v) is 9.48. The van der Waals surface area contributed by atoms with Crippen molar-refractivity contribution in [2.24, 2.45) is 23.2 Å². The Bertz CT molecular complexity index is 758. The fourth-order valence-electron chi connectivity index (χ4n) is 5.60. The average Bonchev–Trinajstić information content (AvgIpc) is 2.58. The topological polar surface area (TPSA) is 77.3 Å². The van der Waals surface area contributed by atoms with E-state index in [1.54, 1.807) is 0 Å². The van der Waals surface area contributed by atoms with Gasteiger partial charge in [-0.2, -0.15) is 0 Å². The SMILES string of the molecule is O=C(SCC(=O)C12CC3CC(CC(C3)C1)C2)c1ccc(Cl)c([N+](=O)[O-])c1. The molecule has 0 spiro atoms. The molecule has 138 valence electrons. The Hall–Kier alpha value is -1.40. The van der Waals surface area contributed by atoms with E-state index in [1.165, 1.54) is 37.5 Å². The van der Waals surface area contributed by atoms with Crippen LogP contribution in [0.1, 0.15) is 48.9 Å². The van der Waals surface area contributed by atoms with Crippen molar-refractivity contribution >= 4 is 39.9 Å². The van der Waals surface area contributed by atoms with Crippen molar-refractivity contribution in [2.75, 3.05) is 5.75 Å². The number of Topliss-reactive ketones (excluding diaryl/α,β-unsaturated/α-hetero) is 1. The van der Waals surface area contributed by atoms with Crippen molar-refractivity contribution in [3.63, 3.8) is 0 Å². The molecule has 4 saturated carbocycles. The van der Waals surface area contributed by atoms with E-state index in [0.717, 1.165) is 31.0 Å². The van der Waals surface area contributed by atoms with Crippen LogP contribution in [-0.2, 0) is 4.79 Å². The number of thioether (sulfide) groups is 1. The smallest absolute Gasteiger partial charge is 0.288 e. The van der Waals surface area contributed by atoms with Crippen LogP contribution in [-0.4, -0.2) is 21.6 Å². The van der Waals surface area contributed by atoms with Crippen LogP contribution in [0.4, 0.5) is 5.69 Å². The lowest BCUT2D eigenvalue weighted by Crippen LogP contribution is -2.50. The quantitative estimate of drug-likeness (QED) is 0.524. The minimum atomic E-state index is -0.607. The van der Waals surface area contributed by atoms with Crippen LogP contribution in [0.3, 0.4) is 0 Å². The van der Waals surface area contributed by atoms with Crippen molar-refractivity contribution in [3.8, 4) is 0 Å². The summed E-state index contributed by atoms with van der Waals surface area (Å²) in [7, 11) is 0. The van der Waals surface area contributed by atoms with E-state index < -0.39 is 4.92 Å². The van der Waals surface area contributed by atoms with Gasteiger partial charge in [0.15, 0.2) is 0 Å². The number of nitrogens with zero attached hydrogens (tertiary/aromatic N) is 1. The Morgan fingerprint density at radius 3 is 2.27 bits per heavy atom. The third-order valence-corrected chi connectivity index (χ3v) is 7.57. The Morgan fingerprint density at radius 1 is 1.15 bits per heavy atom. The summed E-state index contributed by atoms with van der Waals surface area (Å²) in [5.74, 6) is 2.40. The Balaban J connectivity index is 1.43. The van der Waals surface area contributed by atoms with Gasteiger partial charge in [-0.15, -0.1) is 0 Å². The predicted molar refractivity (Wildman–Crippen MR) is 101 cm³/mol. The van der Waals surface area contributed by atoms with Crippen molar-refractivity contribution in [3.05, 3.63) is 38.9 Å². The van der Waals surface area contributed by atoms with E-state index in [-0.39, 0.29) is 38.3 Å². The number of nitro groups is 1. The van der Waals surface area contributed by atoms with Crippen molar-refractivity contribution in [1.29, 1.82) is 0 Å². The van der Waals surface area contributed by atoms with Gasteiger partial charge >= 0.3 is 0 Å². The fraction of sp³-hybridized carbons (Fsp3) is 0.579. The molecule has 0 aromatic heterocycles. The molecule has 4 aliphatic carbocycles. The maximum atomic E-state index is 13.0. The first-order valence-corrected chi connectivity index (χ1v) is 10.4. The van der Waals surface area contributed by atoms with Gasteiger partial charge in [0.2, 0.25) is 5.12 Å². The highest BCUT2D eigenvalue weighted by molar-refractivity contribution is 8.14. The van der Waals surface area contributed by atoms with E-state index in [1.807, 2.05) is 0 Å². The number of carbonyl (C=O) groups is 2. The summed E-state index contributed by atoms with van der Waals surface area (Å²) in [6.07, 6.45) is 6.77. The van der Waals surface area contributed by atoms with Gasteiger partial charge in [-0.1, -0.05) is 23.4 Å². The number of rotatable bonds is 5. The number of benzene rings is 1. The maximum Gasteiger partial charge on any atom is 0.288 e. The van der Waals surface area contributed by atoms with E-state index in [2.05, 4.69) is 0 Å². The van der Waals surface area contributed by atoms with Gasteiger partial charge in [0.1, 0.15) is 10.8 Å². The molecule has 1 aromatic rings. The van der Waals surface area contributed by atoms with Crippen LogP contribution >= 0.6 is 23.4 Å². The van der Waals surface area contributed by atoms with Crippen molar-refractivity contribution in [2.45, 2.75) is 38.5 Å². The van der Waals surface area contributed by atoms with Crippen molar-refractivity contribution < 1.29 is 14.5 Å². The minimum absolute atomic E-state index is 0.00111. The third kappa shape index (κ3) is 3.18. The second-order valence-electron chi connectivity index (χ2n) is 8.12. The largest absolute Gasteiger partial charge is 0.298 e. The molecule has 0 unspecified atom stereocenters. The monoisotopic (exact) mass is 393 g/mol. The minimum Gasteiger partial charge on any atom is -0.298 e. The zero-order valence-corrected chi connectivity index (χ0v) is 15.9. The molecule has 4 fully saturated rings. The Kier molecular flexibility index (Phi) is 4.59. The van der Waals surface area contributed by atoms with Crippen LogP contribution in [0, 0.1) is 33.3 Å². The molecule has 0 amide bonds. The zero-order valence-electron chi connectivity index (χ0n) is 14.3. The predicted octanol–water partition coefficient (Wildman–Crippen LogP) is 4.91. The summed E-state index contributed by atoms with van der Waals surface area (Å²) in [5.41, 5.74) is -0.288. The summed E-state index contributed by atoms with van der Waals surface area (Å²) < 4.78 is 0. The van der Waals surface area contributed by atoms with E-state index >= 15 is 0 Å². The summed E-state index contributed by atoms with van der Waals surface area (Å²) in [6.45, 7) is 0. The highest BCUT2D eigenvalue weighted by Gasteiger charge is 2.54. The number of nitro benzene ring substituents is 1. The van der Waals surface area contributed by atoms with Crippen LogP contribution in [0.2, 0.25) is 5.02 Å². The zero-order chi connectivity index (χ0) is 18.5. The molecule has 0 radical (unpaired) electrons. The first kappa shape index (κ1) is 18.0. The number of hydrogen-bond acceptors (Lipinski definition) is 5. The van der Waals surface area contributed by atoms with Crippen LogP contribution in [0.15, 0.2) is 18.2 Å². The van der Waals surface area contributed by atoms with Gasteiger partial charge < -0.3 is 0 Å². The summed E-state index contributed by atoms with van der Waals surface area (Å²) in [6, 6.07) is 4.01. The number of halogens is 1. The van der Waals surface area contributed by atoms with Gasteiger partial charge in [-0.3, -0.25) is 19.7 Å². The fourth-order valence-corrected chi connectivity index (χ4v) is 6.65. The molecule has 0 saturated heterocycles. The summed E-state index contributed by atoms with van der Waals surface area (Å²) >= 11 is 6.74. The van der Waals surface area contributed by atoms with E-state index in [0.29, 0.717) is 17.8 Å². The molecule has 26 heavy (non-hydrogen) atoms. The maximum absolute atomic E-state index is 13.0. The van der Waals surface area contributed by atoms with E-state index in [4.69, 9.17) is 11.6 Å². The molecule has 0 heterocycles. The van der Waals surface area contributed by atoms with Gasteiger partial charge in [-0.25, -0.2) is 0 Å². The van der Waals surface area contributed by atoms with E-state index in [9.17, 15) is 19.7 Å². The molecule has 4 aliphatic rings. The Labute approximate surface area is 161 Å². The second kappa shape index (κ2) is 6.64. The highest BCUT2D eigenvalue weighted by Crippen LogP contribution is 2.60. The van der Waals surface area contributed by atoms with Crippen LogP contribution in [0.25, 0.3) is 0 Å². The lowest BCUT2D eigenvalue weighted by atomic mass is 9.48. The standard InChI is InChI=1S/C19H20ClNO4S/c20-15-2-1-14(6-16(15)21(24)25)18(23)26-10-17(22)19-7-11-3-12(8-19)5-13(4-11)9-19/h1-2,6,11-13H,3-5,7-10H2. The lowest BCUT2D eigenvalue weighted by Gasteiger charge is -2.56. The van der Waals surface area contributed by atoms with Gasteiger partial charge in [0.05, 0.1) is 10.7 Å². The van der Waals surface area contributed by atoms with Gasteiger partial charge in [-0.05, 0) is 68.4 Å². The number of ketones is 1. The first-order valence-electron chi connectivity index (χ1n) is 9.01. The van der Waals surface area contributed by atoms with Gasteiger partial charge in [0.25, 0.3) is 5.69 Å². The highest BCUT2D eigenvalue weighted by atomic mass is 35.5. The normalized spacial score (nSPS) is 31.8. The first-order chi connectivity index (χ1) is 12.4. The molecule has 0 aliphatic heterocycles. The third-order valence-electron chi connectivity index (χ3n) is 6.34. The molecule has 5 nitrogen and oxygen atoms in total. The molecular weight excluding hydrogens is 374 g/mol. The molecule has 1 aromatic carbocycles. The molecule has 7 heteroatoms. The molecule has 5 rings (SSSR count). The lowest BCUT2D eigenvalue weighted by molar-refractivity contribution is -0.384. The van der Waals surface area contributed by atoms with Crippen LogP contribution in [0.5, 0.6) is 0 Å². The average molecular weight is 394 g/mol. The Morgan fingerprint density at radius 2 is 1.73 bits per heavy atom. The summed E-state index contributed by atoms with van der Waals surface area (Å²) in [4.78, 5) is 35.7. The molecule has 0 N–H and O–H groups in total.